The molecule has 8 nitrogen and oxygen atoms in total. The third-order valence-corrected chi connectivity index (χ3v) is 0.782. The zero-order valence-electron chi connectivity index (χ0n) is 7.18. The van der Waals surface area contributed by atoms with Crippen LogP contribution < -0.4 is 22.3 Å². The number of primary amides is 2. The SMILES string of the molecule is NC(=O)N/N=C/C=C\C=N\NC(N)=O. The predicted molar refractivity (Wildman–Crippen MR) is 51.6 cm³/mol. The number of hydrogen-bond acceptors (Lipinski definition) is 4. The second kappa shape index (κ2) is 7.28. The van der Waals surface area contributed by atoms with Crippen LogP contribution in [0.5, 0.6) is 0 Å². The summed E-state index contributed by atoms with van der Waals surface area (Å²) in [5, 5.41) is 6.79. The summed E-state index contributed by atoms with van der Waals surface area (Å²) in [5.74, 6) is 0. The van der Waals surface area contributed by atoms with Gasteiger partial charge in [0.1, 0.15) is 0 Å². The zero-order chi connectivity index (χ0) is 10.8. The molecular weight excluding hydrogens is 188 g/mol. The second-order valence-corrected chi connectivity index (χ2v) is 1.89. The molecule has 4 amide bonds. The summed E-state index contributed by atoms with van der Waals surface area (Å²) in [6.07, 6.45) is 5.48. The summed E-state index contributed by atoms with van der Waals surface area (Å²) < 4.78 is 0. The third kappa shape index (κ3) is 9.62. The van der Waals surface area contributed by atoms with Gasteiger partial charge >= 0.3 is 12.1 Å². The average molecular weight is 198 g/mol. The Hall–Kier alpha value is -2.38. The number of nitrogens with two attached hydrogens (primary N) is 2. The molecule has 0 aliphatic heterocycles. The standard InChI is InChI=1S/C6H10N6O2/c7-5(13)11-9-3-1-2-4-10-12-6(8)14/h1-4H,(H3,7,11,13)(H3,8,12,14)/b2-1-,9-3+,10-4+. The van der Waals surface area contributed by atoms with E-state index in [0.29, 0.717) is 0 Å². The van der Waals surface area contributed by atoms with Gasteiger partial charge in [-0.25, -0.2) is 20.4 Å². The maximum absolute atomic E-state index is 10.1. The monoisotopic (exact) mass is 198 g/mol. The van der Waals surface area contributed by atoms with Crippen molar-refractivity contribution >= 4 is 24.5 Å². The number of nitrogens with one attached hydrogen (secondary N) is 2. The molecule has 0 heterocycles. The highest BCUT2D eigenvalue weighted by atomic mass is 16.2. The van der Waals surface area contributed by atoms with Gasteiger partial charge in [0.15, 0.2) is 0 Å². The molecule has 8 heteroatoms. The van der Waals surface area contributed by atoms with E-state index in [1.165, 1.54) is 24.6 Å². The molecule has 76 valence electrons. The van der Waals surface area contributed by atoms with Gasteiger partial charge in [-0.05, 0) is 12.2 Å². The minimum atomic E-state index is -0.751. The number of hydrazone groups is 2. The average Bonchev–Trinajstić information content (AvgIpc) is 2.08. The van der Waals surface area contributed by atoms with E-state index < -0.39 is 12.1 Å². The molecule has 0 spiro atoms. The van der Waals surface area contributed by atoms with Crippen LogP contribution in [0.25, 0.3) is 0 Å². The topological polar surface area (TPSA) is 135 Å². The van der Waals surface area contributed by atoms with Crippen LogP contribution in [0.2, 0.25) is 0 Å². The Labute approximate surface area is 79.7 Å². The van der Waals surface area contributed by atoms with Crippen molar-refractivity contribution in [1.82, 2.24) is 10.9 Å². The van der Waals surface area contributed by atoms with Crippen LogP contribution in [-0.2, 0) is 0 Å². The normalized spacial score (nSPS) is 11.1. The molecule has 0 aliphatic rings. The van der Waals surface area contributed by atoms with Gasteiger partial charge in [0.2, 0.25) is 0 Å². The molecule has 0 bridgehead atoms. The molecule has 6 N–H and O–H groups in total. The minimum absolute atomic E-state index is 0.751. The van der Waals surface area contributed by atoms with Gasteiger partial charge in [0.25, 0.3) is 0 Å². The number of urea groups is 2. The van der Waals surface area contributed by atoms with E-state index in [1.807, 2.05) is 10.9 Å². The molecule has 0 saturated carbocycles. The van der Waals surface area contributed by atoms with Gasteiger partial charge < -0.3 is 11.5 Å². The van der Waals surface area contributed by atoms with Crippen molar-refractivity contribution in [3.63, 3.8) is 0 Å². The smallest absolute Gasteiger partial charge is 0.332 e. The van der Waals surface area contributed by atoms with Crippen LogP contribution in [0.4, 0.5) is 9.59 Å². The van der Waals surface area contributed by atoms with E-state index in [1.54, 1.807) is 0 Å². The number of amides is 4. The summed E-state index contributed by atoms with van der Waals surface area (Å²) in [7, 11) is 0. The lowest BCUT2D eigenvalue weighted by Gasteiger charge is -1.87. The lowest BCUT2D eigenvalue weighted by atomic mass is 10.5. The summed E-state index contributed by atoms with van der Waals surface area (Å²) in [6, 6.07) is -1.50. The van der Waals surface area contributed by atoms with Gasteiger partial charge in [0, 0.05) is 12.4 Å². The van der Waals surface area contributed by atoms with Gasteiger partial charge in [-0.1, -0.05) is 0 Å². The fourth-order valence-electron chi connectivity index (χ4n) is 0.387. The molecule has 0 unspecified atom stereocenters. The molecule has 0 radical (unpaired) electrons. The maximum Gasteiger partial charge on any atom is 0.332 e. The van der Waals surface area contributed by atoms with E-state index in [0.717, 1.165) is 0 Å². The fourth-order valence-corrected chi connectivity index (χ4v) is 0.387. The number of rotatable bonds is 4. The lowest BCUT2D eigenvalue weighted by molar-refractivity contribution is 0.248. The number of carbonyl (C=O) groups excluding carboxylic acids is 2. The summed E-state index contributed by atoms with van der Waals surface area (Å²) in [4.78, 5) is 20.2. The Balaban J connectivity index is 3.63. The highest BCUT2D eigenvalue weighted by Gasteiger charge is 1.81. The molecule has 0 rings (SSSR count). The Morgan fingerprint density at radius 2 is 1.29 bits per heavy atom. The highest BCUT2D eigenvalue weighted by molar-refractivity contribution is 5.83. The Kier molecular flexibility index (Phi) is 6.04. The summed E-state index contributed by atoms with van der Waals surface area (Å²) in [6.45, 7) is 0. The number of carbonyl (C=O) groups is 2. The fraction of sp³-hybridized carbons (Fsp3) is 0. The van der Waals surface area contributed by atoms with E-state index in [2.05, 4.69) is 10.2 Å². The maximum atomic E-state index is 10.1. The highest BCUT2D eigenvalue weighted by Crippen LogP contribution is 1.65. The number of hydrogen-bond donors (Lipinski definition) is 4. The van der Waals surface area contributed by atoms with Crippen LogP contribution >= 0.6 is 0 Å². The first-order valence-electron chi connectivity index (χ1n) is 3.45. The van der Waals surface area contributed by atoms with Crippen molar-refractivity contribution in [3.05, 3.63) is 12.2 Å². The first-order chi connectivity index (χ1) is 6.63. The van der Waals surface area contributed by atoms with Crippen molar-refractivity contribution in [2.24, 2.45) is 21.7 Å². The van der Waals surface area contributed by atoms with Crippen molar-refractivity contribution in [1.29, 1.82) is 0 Å². The van der Waals surface area contributed by atoms with Crippen LogP contribution in [0, 0.1) is 0 Å². The first kappa shape index (κ1) is 11.6. The van der Waals surface area contributed by atoms with Gasteiger partial charge in [-0.3, -0.25) is 0 Å². The van der Waals surface area contributed by atoms with Gasteiger partial charge in [-0.15, -0.1) is 0 Å². The summed E-state index contributed by atoms with van der Waals surface area (Å²) in [5.41, 5.74) is 13.4. The molecule has 0 aromatic heterocycles. The third-order valence-electron chi connectivity index (χ3n) is 0.782. The zero-order valence-corrected chi connectivity index (χ0v) is 7.18. The Bertz CT molecular complexity index is 254. The molecule has 0 aromatic carbocycles. The van der Waals surface area contributed by atoms with E-state index in [9.17, 15) is 9.59 Å². The van der Waals surface area contributed by atoms with Crippen molar-refractivity contribution < 1.29 is 9.59 Å². The predicted octanol–water partition coefficient (Wildman–Crippen LogP) is -1.15. The second-order valence-electron chi connectivity index (χ2n) is 1.89. The van der Waals surface area contributed by atoms with Crippen LogP contribution in [0.3, 0.4) is 0 Å². The van der Waals surface area contributed by atoms with Crippen molar-refractivity contribution in [2.45, 2.75) is 0 Å². The van der Waals surface area contributed by atoms with E-state index in [4.69, 9.17) is 11.5 Å². The molecule has 0 aromatic rings. The van der Waals surface area contributed by atoms with Gasteiger partial charge in [-0.2, -0.15) is 10.2 Å². The van der Waals surface area contributed by atoms with E-state index in [-0.39, 0.29) is 0 Å². The van der Waals surface area contributed by atoms with E-state index >= 15 is 0 Å². The van der Waals surface area contributed by atoms with Crippen LogP contribution in [0.1, 0.15) is 0 Å². The Morgan fingerprint density at radius 1 is 0.929 bits per heavy atom. The molecule has 14 heavy (non-hydrogen) atoms. The molecule has 0 aliphatic carbocycles. The molecule has 0 fully saturated rings. The van der Waals surface area contributed by atoms with Crippen molar-refractivity contribution in [3.8, 4) is 0 Å². The van der Waals surface area contributed by atoms with Crippen LogP contribution in [-0.4, -0.2) is 24.5 Å². The summed E-state index contributed by atoms with van der Waals surface area (Å²) >= 11 is 0. The number of allylic oxidation sites excluding steroid dienone is 2. The Morgan fingerprint density at radius 3 is 1.57 bits per heavy atom. The van der Waals surface area contributed by atoms with Crippen molar-refractivity contribution in [2.75, 3.05) is 0 Å². The molecule has 0 atom stereocenters. The molecule has 0 saturated heterocycles. The molecular formula is C6H10N6O2. The largest absolute Gasteiger partial charge is 0.350 e. The first-order valence-corrected chi connectivity index (χ1v) is 3.45. The quantitative estimate of drug-likeness (QED) is 0.335. The minimum Gasteiger partial charge on any atom is -0.350 e. The van der Waals surface area contributed by atoms with Gasteiger partial charge in [0.05, 0.1) is 0 Å². The number of nitrogens with zero attached hydrogens (tertiary/aromatic N) is 2. The van der Waals surface area contributed by atoms with Crippen LogP contribution in [0.15, 0.2) is 22.4 Å². The lowest BCUT2D eigenvalue weighted by Crippen LogP contribution is -2.24.